The van der Waals surface area contributed by atoms with Crippen molar-refractivity contribution in [2.24, 2.45) is 21.7 Å². The second kappa shape index (κ2) is 19.9. The van der Waals surface area contributed by atoms with Crippen LogP contribution < -0.4 is 18.9 Å². The summed E-state index contributed by atoms with van der Waals surface area (Å²) in [5.74, 6) is 8.75. The van der Waals surface area contributed by atoms with Gasteiger partial charge in [0.1, 0.15) is 23.0 Å². The first-order chi connectivity index (χ1) is 32.1. The van der Waals surface area contributed by atoms with Crippen molar-refractivity contribution < 1.29 is 18.9 Å². The fourth-order valence-electron chi connectivity index (χ4n) is 7.90. The van der Waals surface area contributed by atoms with E-state index in [2.05, 4.69) is 105 Å². The van der Waals surface area contributed by atoms with E-state index in [-0.39, 0.29) is 21.7 Å². The van der Waals surface area contributed by atoms with Gasteiger partial charge in [-0.2, -0.15) is 0 Å². The first-order valence-electron chi connectivity index (χ1n) is 24.0. The maximum Gasteiger partial charge on any atom is 0.131 e. The highest BCUT2D eigenvalue weighted by atomic mass is 16.5. The number of fused-ring (bicyclic) bond motifs is 8. The maximum atomic E-state index is 6.70. The molecule has 354 valence electrons. The van der Waals surface area contributed by atoms with Crippen molar-refractivity contribution >= 4 is 46.4 Å². The van der Waals surface area contributed by atoms with Crippen LogP contribution in [0.5, 0.6) is 23.0 Å². The number of aromatic nitrogens is 4. The van der Waals surface area contributed by atoms with Crippen molar-refractivity contribution in [1.29, 1.82) is 0 Å². The monoisotopic (exact) mass is 911 g/mol. The number of terminal acetylenes is 2. The minimum atomic E-state index is 0.0752. The van der Waals surface area contributed by atoms with E-state index >= 15 is 0 Å². The quantitative estimate of drug-likeness (QED) is 0.106. The van der Waals surface area contributed by atoms with E-state index in [1.54, 1.807) is 0 Å². The molecule has 8 bridgehead atoms. The fourth-order valence-corrected chi connectivity index (χ4v) is 7.90. The smallest absolute Gasteiger partial charge is 0.131 e. The van der Waals surface area contributed by atoms with E-state index in [1.165, 1.54) is 0 Å². The molecule has 0 aliphatic carbocycles. The highest BCUT2D eigenvalue weighted by molar-refractivity contribution is 5.98. The average molecular weight is 911 g/mol. The van der Waals surface area contributed by atoms with Crippen LogP contribution in [0.3, 0.4) is 0 Å². The number of aromatic amines is 2. The zero-order chi connectivity index (χ0) is 49.0. The predicted octanol–water partition coefficient (Wildman–Crippen LogP) is 15.2. The van der Waals surface area contributed by atoms with Crippen LogP contribution in [0.15, 0.2) is 60.7 Å². The lowest BCUT2D eigenvalue weighted by atomic mass is 9.93. The molecule has 2 aromatic carbocycles. The van der Waals surface area contributed by atoms with E-state index in [0.717, 1.165) is 70.0 Å². The molecule has 0 spiro atoms. The second-order valence-electron chi connectivity index (χ2n) is 22.7. The number of benzene rings is 2. The highest BCUT2D eigenvalue weighted by Gasteiger charge is 2.25. The molecule has 0 atom stereocenters. The molecule has 2 aliphatic rings. The van der Waals surface area contributed by atoms with Gasteiger partial charge in [0.25, 0.3) is 0 Å². The minimum absolute atomic E-state index is 0.0752. The molecule has 0 saturated carbocycles. The Balaban J connectivity index is 1.54. The van der Waals surface area contributed by atoms with Crippen LogP contribution in [0.1, 0.15) is 143 Å². The molecule has 3 aromatic heterocycles. The Bertz CT molecular complexity index is 2690. The number of hydrogen-bond donors (Lipinski definition) is 2. The summed E-state index contributed by atoms with van der Waals surface area (Å²) in [6, 6.07) is 20.1. The summed E-state index contributed by atoms with van der Waals surface area (Å²) >= 11 is 0. The average Bonchev–Trinajstić information content (AvgIpc) is 4.09. The standard InChI is InChI=1S/C60H70N4O4/c1-15-39-41-23-27-45(61-41)53(55-49(65-35-31-57(3,4)5)19-17-20-50(55)66-36-32-58(6,7)8)47-29-25-43(63-47)40(16-2)44-26-30-48(64-44)54(46-28-24-42(39)62-46)56-51(67-37-33-59(9,10)11)21-18-22-52(56)68-38-34-60(12,13)14/h1-2,17-30,61,64H,31-38H2,3-14H3. The topological polar surface area (TPSA) is 94.3 Å². The summed E-state index contributed by atoms with van der Waals surface area (Å²) in [4.78, 5) is 18.1. The van der Waals surface area contributed by atoms with Gasteiger partial charge in [0, 0.05) is 22.2 Å². The third kappa shape index (κ3) is 12.1. The molecular formula is C60H70N4O4. The van der Waals surface area contributed by atoms with Crippen molar-refractivity contribution in [3.05, 3.63) is 94.6 Å². The Hall–Kier alpha value is -6.64. The van der Waals surface area contributed by atoms with Crippen molar-refractivity contribution in [2.75, 3.05) is 26.4 Å². The summed E-state index contributed by atoms with van der Waals surface area (Å²) in [7, 11) is 0. The molecule has 5 aromatic rings. The van der Waals surface area contributed by atoms with Crippen molar-refractivity contribution in [2.45, 2.75) is 109 Å². The number of hydrogen-bond acceptors (Lipinski definition) is 6. The van der Waals surface area contributed by atoms with E-state index in [9.17, 15) is 0 Å². The van der Waals surface area contributed by atoms with Crippen LogP contribution in [0, 0.1) is 46.3 Å². The molecule has 0 fully saturated rings. The summed E-state index contributed by atoms with van der Waals surface area (Å²) in [5.41, 5.74) is 10.3. The fraction of sp³-hybridized carbons (Fsp3) is 0.400. The van der Waals surface area contributed by atoms with Gasteiger partial charge in [-0.25, -0.2) is 9.97 Å². The third-order valence-corrected chi connectivity index (χ3v) is 12.0. The number of H-pyrrole nitrogens is 2. The highest BCUT2D eigenvalue weighted by Crippen LogP contribution is 2.46. The lowest BCUT2D eigenvalue weighted by molar-refractivity contribution is 0.235. The van der Waals surface area contributed by atoms with Crippen LogP contribution in [-0.2, 0) is 0 Å². The number of rotatable bonds is 14. The second-order valence-corrected chi connectivity index (χ2v) is 22.7. The van der Waals surface area contributed by atoms with E-state index in [4.69, 9.17) is 41.8 Å². The van der Waals surface area contributed by atoms with Gasteiger partial charge in [0.15, 0.2) is 0 Å². The summed E-state index contributed by atoms with van der Waals surface area (Å²) in [6.45, 7) is 28.7. The molecular weight excluding hydrogens is 841 g/mol. The third-order valence-electron chi connectivity index (χ3n) is 12.0. The van der Waals surface area contributed by atoms with Gasteiger partial charge in [0.05, 0.1) is 82.5 Å². The number of nitrogens with zero attached hydrogens (tertiary/aromatic N) is 2. The van der Waals surface area contributed by atoms with Gasteiger partial charge in [-0.1, -0.05) is 107 Å². The Morgan fingerprint density at radius 3 is 0.956 bits per heavy atom. The van der Waals surface area contributed by atoms with E-state index < -0.39 is 0 Å². The Morgan fingerprint density at radius 2 is 0.676 bits per heavy atom. The lowest BCUT2D eigenvalue weighted by Crippen LogP contribution is -2.13. The minimum Gasteiger partial charge on any atom is -0.493 e. The van der Waals surface area contributed by atoms with E-state index in [1.807, 2.05) is 85.0 Å². The number of nitrogens with one attached hydrogen (secondary N) is 2. The molecule has 68 heavy (non-hydrogen) atoms. The van der Waals surface area contributed by atoms with Crippen LogP contribution in [0.4, 0.5) is 0 Å². The number of ether oxygens (including phenoxy) is 4. The zero-order valence-electron chi connectivity index (χ0n) is 42.4. The Kier molecular flexibility index (Phi) is 14.4. The zero-order valence-corrected chi connectivity index (χ0v) is 42.4. The molecule has 8 nitrogen and oxygen atoms in total. The molecule has 8 heteroatoms. The molecule has 0 amide bonds. The van der Waals surface area contributed by atoms with Gasteiger partial charge >= 0.3 is 0 Å². The molecule has 0 radical (unpaired) electrons. The summed E-state index contributed by atoms with van der Waals surface area (Å²) in [5, 5.41) is 0. The van der Waals surface area contributed by atoms with Gasteiger partial charge < -0.3 is 28.9 Å². The van der Waals surface area contributed by atoms with E-state index in [0.29, 0.717) is 83.3 Å². The Labute approximate surface area is 405 Å². The van der Waals surface area contributed by atoms with Gasteiger partial charge in [0.2, 0.25) is 0 Å². The van der Waals surface area contributed by atoms with Crippen LogP contribution in [0.2, 0.25) is 0 Å². The molecule has 2 N–H and O–H groups in total. The van der Waals surface area contributed by atoms with Crippen LogP contribution in [0.25, 0.3) is 68.6 Å². The van der Waals surface area contributed by atoms with Crippen molar-refractivity contribution in [3.63, 3.8) is 0 Å². The lowest BCUT2D eigenvalue weighted by Gasteiger charge is -2.22. The molecule has 2 aliphatic heterocycles. The van der Waals surface area contributed by atoms with Crippen molar-refractivity contribution in [3.8, 4) is 69.9 Å². The molecule has 7 rings (SSSR count). The normalized spacial score (nSPS) is 12.7. The van der Waals surface area contributed by atoms with Gasteiger partial charge in [-0.05, 0) is 120 Å². The summed E-state index contributed by atoms with van der Waals surface area (Å²) < 4.78 is 26.8. The SMILES string of the molecule is C#Cc1c2nc(c(-c3c(OCCC(C)(C)C)cccc3OCCC(C)(C)C)c3ccc([nH]3)c(C#C)c3nc(c(-c4c(OCCC(C)(C)C)cccc4OCCC(C)(C)C)c4ccc1[nH]4)C=C3)C=C2. The summed E-state index contributed by atoms with van der Waals surface area (Å²) in [6.07, 6.45) is 24.3. The molecule has 5 heterocycles. The van der Waals surface area contributed by atoms with Crippen molar-refractivity contribution in [1.82, 2.24) is 19.9 Å². The van der Waals surface area contributed by atoms with Crippen LogP contribution >= 0.6 is 0 Å². The maximum absolute atomic E-state index is 6.70. The van der Waals surface area contributed by atoms with Gasteiger partial charge in [-0.15, -0.1) is 12.8 Å². The molecule has 0 unspecified atom stereocenters. The largest absolute Gasteiger partial charge is 0.493 e. The first kappa shape index (κ1) is 49.3. The Morgan fingerprint density at radius 1 is 0.397 bits per heavy atom. The van der Waals surface area contributed by atoms with Gasteiger partial charge in [-0.3, -0.25) is 0 Å². The molecule has 0 saturated heterocycles. The van der Waals surface area contributed by atoms with Crippen LogP contribution in [-0.4, -0.2) is 46.4 Å². The predicted molar refractivity (Wildman–Crippen MR) is 284 cm³/mol. The first-order valence-corrected chi connectivity index (χ1v) is 24.0.